The third-order valence-corrected chi connectivity index (χ3v) is 2.89. The fourth-order valence-corrected chi connectivity index (χ4v) is 1.94. The van der Waals surface area contributed by atoms with Gasteiger partial charge in [-0.2, -0.15) is 0 Å². The molecule has 0 aliphatic carbocycles. The minimum absolute atomic E-state index is 0.134. The maximum atomic E-state index is 12.4. The third kappa shape index (κ3) is 2.16. The van der Waals surface area contributed by atoms with Crippen molar-refractivity contribution in [3.8, 4) is 17.4 Å². The molecule has 1 unspecified atom stereocenters. The number of hydrogen-bond acceptors (Lipinski definition) is 6. The van der Waals surface area contributed by atoms with Crippen LogP contribution in [0.5, 0.6) is 17.4 Å². The number of ketones is 1. The van der Waals surface area contributed by atoms with Gasteiger partial charge in [0.25, 0.3) is 0 Å². The highest BCUT2D eigenvalue weighted by atomic mass is 16.6. The number of methoxy groups -OCH3 is 1. The molecule has 1 aliphatic rings. The molecule has 0 radical (unpaired) electrons. The first kappa shape index (κ1) is 12.4. The Morgan fingerprint density at radius 3 is 2.80 bits per heavy atom. The van der Waals surface area contributed by atoms with Crippen molar-refractivity contribution >= 4 is 5.78 Å². The van der Waals surface area contributed by atoms with E-state index in [1.165, 1.54) is 19.5 Å². The number of ether oxygens (including phenoxy) is 3. The summed E-state index contributed by atoms with van der Waals surface area (Å²) in [5.74, 6) is 1.03. The molecule has 2 aromatic rings. The molecular formula is C14H12N2O4. The second kappa shape index (κ2) is 5.16. The number of rotatable bonds is 3. The lowest BCUT2D eigenvalue weighted by Gasteiger charge is -2.25. The summed E-state index contributed by atoms with van der Waals surface area (Å²) in [6, 6.07) is 7.20. The second-order valence-electron chi connectivity index (χ2n) is 4.14. The molecule has 0 fully saturated rings. The van der Waals surface area contributed by atoms with Crippen LogP contribution >= 0.6 is 0 Å². The Morgan fingerprint density at radius 1 is 1.25 bits per heavy atom. The first-order valence-electron chi connectivity index (χ1n) is 6.07. The summed E-state index contributed by atoms with van der Waals surface area (Å²) in [6.07, 6.45) is 2.15. The van der Waals surface area contributed by atoms with Gasteiger partial charge in [0.15, 0.2) is 23.3 Å². The molecule has 0 saturated heterocycles. The van der Waals surface area contributed by atoms with Gasteiger partial charge >= 0.3 is 0 Å². The van der Waals surface area contributed by atoms with E-state index in [1.807, 2.05) is 12.1 Å². The van der Waals surface area contributed by atoms with E-state index < -0.39 is 6.10 Å². The van der Waals surface area contributed by atoms with Gasteiger partial charge in [-0.15, -0.1) is 0 Å². The zero-order valence-corrected chi connectivity index (χ0v) is 10.8. The molecular weight excluding hydrogens is 260 g/mol. The van der Waals surface area contributed by atoms with Gasteiger partial charge in [-0.25, -0.2) is 9.97 Å². The Bertz CT molecular complexity index is 645. The molecule has 0 saturated carbocycles. The molecule has 3 rings (SSSR count). The molecule has 1 aromatic carbocycles. The maximum absolute atomic E-state index is 12.4. The molecule has 0 spiro atoms. The van der Waals surface area contributed by atoms with Crippen LogP contribution in [-0.2, 0) is 0 Å². The van der Waals surface area contributed by atoms with Crippen molar-refractivity contribution in [1.82, 2.24) is 9.97 Å². The summed E-state index contributed by atoms with van der Waals surface area (Å²) < 4.78 is 16.2. The van der Waals surface area contributed by atoms with Gasteiger partial charge in [0, 0.05) is 12.4 Å². The minimum atomic E-state index is -0.754. The van der Waals surface area contributed by atoms with Crippen LogP contribution in [0.1, 0.15) is 10.5 Å². The van der Waals surface area contributed by atoms with Gasteiger partial charge in [0.1, 0.15) is 6.61 Å². The fourth-order valence-electron chi connectivity index (χ4n) is 1.94. The molecule has 2 heterocycles. The van der Waals surface area contributed by atoms with E-state index in [0.29, 0.717) is 11.5 Å². The molecule has 0 bridgehead atoms. The molecule has 1 aromatic heterocycles. The standard InChI is InChI=1S/C14H12N2O4/c1-18-14-12(15-6-7-16-14)13(17)11-8-19-9-4-2-3-5-10(9)20-11/h2-7,11H,8H2,1H3. The van der Waals surface area contributed by atoms with Crippen molar-refractivity contribution in [2.24, 2.45) is 0 Å². The number of nitrogens with zero attached hydrogens (tertiary/aromatic N) is 2. The molecule has 20 heavy (non-hydrogen) atoms. The van der Waals surface area contributed by atoms with E-state index in [0.717, 1.165) is 0 Å². The second-order valence-corrected chi connectivity index (χ2v) is 4.14. The van der Waals surface area contributed by atoms with Gasteiger partial charge in [-0.1, -0.05) is 12.1 Å². The van der Waals surface area contributed by atoms with E-state index in [2.05, 4.69) is 9.97 Å². The summed E-state index contributed by atoms with van der Waals surface area (Å²) in [5.41, 5.74) is 0.142. The van der Waals surface area contributed by atoms with Crippen molar-refractivity contribution in [3.63, 3.8) is 0 Å². The summed E-state index contributed by atoms with van der Waals surface area (Å²) >= 11 is 0. The Labute approximate surface area is 115 Å². The molecule has 1 aliphatic heterocycles. The number of hydrogen-bond donors (Lipinski definition) is 0. The number of benzene rings is 1. The number of fused-ring (bicyclic) bond motifs is 1. The van der Waals surface area contributed by atoms with E-state index >= 15 is 0 Å². The van der Waals surface area contributed by atoms with E-state index in [-0.39, 0.29) is 24.0 Å². The first-order chi connectivity index (χ1) is 9.79. The SMILES string of the molecule is COc1nccnc1C(=O)C1COc2ccccc2O1. The van der Waals surface area contributed by atoms with E-state index in [4.69, 9.17) is 14.2 Å². The monoisotopic (exact) mass is 272 g/mol. The van der Waals surface area contributed by atoms with E-state index in [1.54, 1.807) is 12.1 Å². The fraction of sp³-hybridized carbons (Fsp3) is 0.214. The zero-order chi connectivity index (χ0) is 13.9. The van der Waals surface area contributed by atoms with Gasteiger partial charge in [-0.3, -0.25) is 4.79 Å². The van der Waals surface area contributed by atoms with Crippen molar-refractivity contribution in [3.05, 3.63) is 42.4 Å². The number of aromatic nitrogens is 2. The smallest absolute Gasteiger partial charge is 0.243 e. The number of Topliss-reactive ketones (excluding diaryl/α,β-unsaturated/α-hetero) is 1. The van der Waals surface area contributed by atoms with Crippen molar-refractivity contribution < 1.29 is 19.0 Å². The topological polar surface area (TPSA) is 70.5 Å². The first-order valence-corrected chi connectivity index (χ1v) is 6.07. The normalized spacial score (nSPS) is 16.6. The molecule has 0 N–H and O–H groups in total. The summed E-state index contributed by atoms with van der Waals surface area (Å²) in [4.78, 5) is 20.4. The molecule has 1 atom stereocenters. The van der Waals surface area contributed by atoms with Crippen LogP contribution in [0.2, 0.25) is 0 Å². The van der Waals surface area contributed by atoms with Crippen LogP contribution in [0.4, 0.5) is 0 Å². The van der Waals surface area contributed by atoms with Crippen molar-refractivity contribution in [2.45, 2.75) is 6.10 Å². The molecule has 6 heteroatoms. The van der Waals surface area contributed by atoms with Crippen LogP contribution in [0, 0.1) is 0 Å². The Morgan fingerprint density at radius 2 is 2.00 bits per heavy atom. The van der Waals surface area contributed by atoms with Crippen LogP contribution < -0.4 is 14.2 Å². The largest absolute Gasteiger partial charge is 0.485 e. The number of carbonyl (C=O) groups is 1. The lowest BCUT2D eigenvalue weighted by Crippen LogP contribution is -2.37. The predicted octanol–water partition coefficient (Wildman–Crippen LogP) is 1.51. The van der Waals surface area contributed by atoms with Gasteiger partial charge in [-0.05, 0) is 12.1 Å². The average Bonchev–Trinajstić information content (AvgIpc) is 2.53. The van der Waals surface area contributed by atoms with Gasteiger partial charge in [0.2, 0.25) is 11.7 Å². The third-order valence-electron chi connectivity index (χ3n) is 2.89. The number of carbonyl (C=O) groups excluding carboxylic acids is 1. The average molecular weight is 272 g/mol. The predicted molar refractivity (Wildman–Crippen MR) is 69.3 cm³/mol. The Balaban J connectivity index is 1.86. The lowest BCUT2D eigenvalue weighted by molar-refractivity contribution is 0.0577. The number of para-hydroxylation sites is 2. The molecule has 102 valence electrons. The van der Waals surface area contributed by atoms with Crippen LogP contribution in [0.3, 0.4) is 0 Å². The highest BCUT2D eigenvalue weighted by Gasteiger charge is 2.31. The highest BCUT2D eigenvalue weighted by molar-refractivity contribution is 6.00. The Hall–Kier alpha value is -2.63. The summed E-state index contributed by atoms with van der Waals surface area (Å²) in [6.45, 7) is 0.134. The quantitative estimate of drug-likeness (QED) is 0.789. The van der Waals surface area contributed by atoms with Crippen LogP contribution in [0.15, 0.2) is 36.7 Å². The van der Waals surface area contributed by atoms with Gasteiger partial charge in [0.05, 0.1) is 7.11 Å². The van der Waals surface area contributed by atoms with Crippen molar-refractivity contribution in [2.75, 3.05) is 13.7 Å². The van der Waals surface area contributed by atoms with Crippen molar-refractivity contribution in [1.29, 1.82) is 0 Å². The Kier molecular flexibility index (Phi) is 3.20. The van der Waals surface area contributed by atoms with Gasteiger partial charge < -0.3 is 14.2 Å². The highest BCUT2D eigenvalue weighted by Crippen LogP contribution is 2.31. The van der Waals surface area contributed by atoms with E-state index in [9.17, 15) is 4.79 Å². The lowest BCUT2D eigenvalue weighted by atomic mass is 10.1. The zero-order valence-electron chi connectivity index (χ0n) is 10.8. The van der Waals surface area contributed by atoms with Crippen LogP contribution in [-0.4, -0.2) is 35.6 Å². The molecule has 6 nitrogen and oxygen atoms in total. The van der Waals surface area contributed by atoms with Crippen LogP contribution in [0.25, 0.3) is 0 Å². The minimum Gasteiger partial charge on any atom is -0.485 e. The summed E-state index contributed by atoms with van der Waals surface area (Å²) in [5, 5.41) is 0. The molecule has 0 amide bonds. The summed E-state index contributed by atoms with van der Waals surface area (Å²) in [7, 11) is 1.44. The maximum Gasteiger partial charge on any atom is 0.243 e.